The zero-order valence-corrected chi connectivity index (χ0v) is 9.64. The van der Waals surface area contributed by atoms with E-state index in [1.54, 1.807) is 12.1 Å². The molecule has 0 aromatic carbocycles. The van der Waals surface area contributed by atoms with Gasteiger partial charge in [0, 0.05) is 17.5 Å². The SMILES string of the molecule is Cc1cc(C)nc(N/C(N)=N\c2ccco2)n1. The maximum Gasteiger partial charge on any atom is 0.229 e. The first-order valence-electron chi connectivity index (χ1n) is 5.10. The monoisotopic (exact) mass is 231 g/mol. The first kappa shape index (κ1) is 11.1. The van der Waals surface area contributed by atoms with Gasteiger partial charge in [0.25, 0.3) is 0 Å². The fourth-order valence-corrected chi connectivity index (χ4v) is 1.38. The second-order valence-electron chi connectivity index (χ2n) is 3.55. The van der Waals surface area contributed by atoms with Crippen molar-refractivity contribution < 1.29 is 4.42 Å². The lowest BCUT2D eigenvalue weighted by molar-refractivity contribution is 0.577. The van der Waals surface area contributed by atoms with Gasteiger partial charge in [0.2, 0.25) is 17.8 Å². The molecule has 0 saturated heterocycles. The summed E-state index contributed by atoms with van der Waals surface area (Å²) in [5, 5.41) is 2.81. The van der Waals surface area contributed by atoms with Crippen molar-refractivity contribution in [1.82, 2.24) is 9.97 Å². The molecule has 3 N–H and O–H groups in total. The fourth-order valence-electron chi connectivity index (χ4n) is 1.38. The number of hydrogen-bond acceptors (Lipinski definition) is 4. The molecular weight excluding hydrogens is 218 g/mol. The van der Waals surface area contributed by atoms with Gasteiger partial charge >= 0.3 is 0 Å². The van der Waals surface area contributed by atoms with E-state index in [0.717, 1.165) is 11.4 Å². The van der Waals surface area contributed by atoms with Crippen molar-refractivity contribution >= 4 is 17.8 Å². The summed E-state index contributed by atoms with van der Waals surface area (Å²) in [5.74, 6) is 1.04. The van der Waals surface area contributed by atoms with Crippen molar-refractivity contribution in [3.8, 4) is 0 Å². The predicted molar refractivity (Wildman–Crippen MR) is 65.1 cm³/mol. The second-order valence-corrected chi connectivity index (χ2v) is 3.55. The number of hydrogen-bond donors (Lipinski definition) is 2. The number of furan rings is 1. The quantitative estimate of drug-likeness (QED) is 0.607. The minimum atomic E-state index is 0.185. The molecule has 0 atom stereocenters. The van der Waals surface area contributed by atoms with Crippen LogP contribution < -0.4 is 11.1 Å². The van der Waals surface area contributed by atoms with Gasteiger partial charge in [0.1, 0.15) is 0 Å². The molecule has 2 rings (SSSR count). The molecule has 88 valence electrons. The maximum absolute atomic E-state index is 5.70. The van der Waals surface area contributed by atoms with Gasteiger partial charge < -0.3 is 10.2 Å². The van der Waals surface area contributed by atoms with Crippen molar-refractivity contribution in [2.45, 2.75) is 13.8 Å². The third-order valence-corrected chi connectivity index (χ3v) is 1.96. The van der Waals surface area contributed by atoms with E-state index < -0.39 is 0 Å². The molecule has 0 amide bonds. The highest BCUT2D eigenvalue weighted by Gasteiger charge is 2.01. The summed E-state index contributed by atoms with van der Waals surface area (Å²) in [6.07, 6.45) is 1.53. The van der Waals surface area contributed by atoms with E-state index in [1.165, 1.54) is 6.26 Å². The van der Waals surface area contributed by atoms with Crippen LogP contribution in [0.25, 0.3) is 0 Å². The van der Waals surface area contributed by atoms with Crippen molar-refractivity contribution in [2.75, 3.05) is 5.32 Å². The topological polar surface area (TPSA) is 89.3 Å². The van der Waals surface area contributed by atoms with E-state index in [0.29, 0.717) is 11.8 Å². The van der Waals surface area contributed by atoms with E-state index in [2.05, 4.69) is 20.3 Å². The predicted octanol–water partition coefficient (Wildman–Crippen LogP) is 1.74. The molecule has 0 radical (unpaired) electrons. The summed E-state index contributed by atoms with van der Waals surface area (Å²) in [6, 6.07) is 5.32. The van der Waals surface area contributed by atoms with Crippen molar-refractivity contribution in [2.24, 2.45) is 10.7 Å². The van der Waals surface area contributed by atoms with Gasteiger partial charge in [0.05, 0.1) is 6.26 Å². The Bertz CT molecular complexity index is 513. The molecular formula is C11H13N5O. The van der Waals surface area contributed by atoms with Crippen LogP contribution in [0.5, 0.6) is 0 Å². The Labute approximate surface area is 98.6 Å². The Morgan fingerprint density at radius 2 is 2.06 bits per heavy atom. The minimum absolute atomic E-state index is 0.185. The minimum Gasteiger partial charge on any atom is -0.447 e. The molecule has 6 heteroatoms. The largest absolute Gasteiger partial charge is 0.447 e. The Morgan fingerprint density at radius 3 is 2.65 bits per heavy atom. The van der Waals surface area contributed by atoms with Crippen LogP contribution in [-0.2, 0) is 0 Å². The average Bonchev–Trinajstić information content (AvgIpc) is 2.67. The van der Waals surface area contributed by atoms with E-state index in [-0.39, 0.29) is 5.96 Å². The van der Waals surface area contributed by atoms with Crippen molar-refractivity contribution in [3.63, 3.8) is 0 Å². The number of anilines is 1. The van der Waals surface area contributed by atoms with Gasteiger partial charge in [-0.25, -0.2) is 9.97 Å². The molecule has 0 unspecified atom stereocenters. The van der Waals surface area contributed by atoms with Crippen molar-refractivity contribution in [3.05, 3.63) is 35.9 Å². The summed E-state index contributed by atoms with van der Waals surface area (Å²) in [7, 11) is 0. The molecule has 0 aliphatic carbocycles. The fraction of sp³-hybridized carbons (Fsp3) is 0.182. The number of aromatic nitrogens is 2. The van der Waals surface area contributed by atoms with E-state index in [9.17, 15) is 0 Å². The van der Waals surface area contributed by atoms with Gasteiger partial charge in [-0.3, -0.25) is 5.32 Å². The molecule has 2 aromatic rings. The summed E-state index contributed by atoms with van der Waals surface area (Å²) in [4.78, 5) is 12.4. The average molecular weight is 231 g/mol. The van der Waals surface area contributed by atoms with Crippen LogP contribution in [0.2, 0.25) is 0 Å². The van der Waals surface area contributed by atoms with Crippen LogP contribution in [0.15, 0.2) is 33.9 Å². The molecule has 17 heavy (non-hydrogen) atoms. The number of aliphatic imine (C=N–C) groups is 1. The van der Waals surface area contributed by atoms with E-state index >= 15 is 0 Å². The summed E-state index contributed by atoms with van der Waals surface area (Å²) in [6.45, 7) is 3.78. The lowest BCUT2D eigenvalue weighted by Gasteiger charge is -2.04. The third-order valence-electron chi connectivity index (χ3n) is 1.96. The van der Waals surface area contributed by atoms with Crippen LogP contribution in [0.3, 0.4) is 0 Å². The van der Waals surface area contributed by atoms with E-state index in [1.807, 2.05) is 19.9 Å². The molecule has 0 bridgehead atoms. The van der Waals surface area contributed by atoms with Crippen LogP contribution in [-0.4, -0.2) is 15.9 Å². The Balaban J connectivity index is 2.15. The van der Waals surface area contributed by atoms with Gasteiger partial charge in [-0.1, -0.05) is 0 Å². The molecule has 0 spiro atoms. The standard InChI is InChI=1S/C11H13N5O/c1-7-6-8(2)14-11(13-7)16-10(12)15-9-4-3-5-17-9/h3-6H,1-2H3,(H3,12,13,14,15,16). The van der Waals surface area contributed by atoms with Crippen LogP contribution in [0.4, 0.5) is 11.8 Å². The summed E-state index contributed by atoms with van der Waals surface area (Å²) in [5.41, 5.74) is 7.43. The zero-order chi connectivity index (χ0) is 12.3. The molecule has 2 heterocycles. The van der Waals surface area contributed by atoms with Crippen LogP contribution >= 0.6 is 0 Å². The number of nitrogens with zero attached hydrogens (tertiary/aromatic N) is 3. The highest BCUT2D eigenvalue weighted by atomic mass is 16.3. The molecule has 0 fully saturated rings. The normalized spacial score (nSPS) is 11.5. The van der Waals surface area contributed by atoms with Crippen LogP contribution in [0, 0.1) is 13.8 Å². The molecule has 6 nitrogen and oxygen atoms in total. The van der Waals surface area contributed by atoms with Gasteiger partial charge in [0.15, 0.2) is 0 Å². The van der Waals surface area contributed by atoms with Gasteiger partial charge in [-0.15, -0.1) is 0 Å². The lowest BCUT2D eigenvalue weighted by atomic mass is 10.4. The Morgan fingerprint density at radius 1 is 1.35 bits per heavy atom. The summed E-state index contributed by atoms with van der Waals surface area (Å²) >= 11 is 0. The number of nitrogens with two attached hydrogens (primary N) is 1. The first-order chi connectivity index (χ1) is 8.13. The summed E-state index contributed by atoms with van der Waals surface area (Å²) < 4.78 is 5.04. The second kappa shape index (κ2) is 4.65. The Kier molecular flexibility index (Phi) is 3.04. The third kappa shape index (κ3) is 3.04. The number of guanidine groups is 1. The van der Waals surface area contributed by atoms with Gasteiger partial charge in [-0.2, -0.15) is 4.99 Å². The smallest absolute Gasteiger partial charge is 0.229 e. The zero-order valence-electron chi connectivity index (χ0n) is 9.64. The molecule has 0 aliphatic heterocycles. The highest BCUT2D eigenvalue weighted by molar-refractivity contribution is 5.92. The maximum atomic E-state index is 5.70. The van der Waals surface area contributed by atoms with E-state index in [4.69, 9.17) is 10.2 Å². The highest BCUT2D eigenvalue weighted by Crippen LogP contribution is 2.11. The first-order valence-corrected chi connectivity index (χ1v) is 5.10. The van der Waals surface area contributed by atoms with Gasteiger partial charge in [-0.05, 0) is 26.0 Å². The Hall–Kier alpha value is -2.37. The number of rotatable bonds is 2. The molecule has 2 aromatic heterocycles. The van der Waals surface area contributed by atoms with Crippen LogP contribution in [0.1, 0.15) is 11.4 Å². The number of aryl methyl sites for hydroxylation is 2. The molecule has 0 saturated carbocycles. The van der Waals surface area contributed by atoms with Crippen molar-refractivity contribution in [1.29, 1.82) is 0 Å². The lowest BCUT2D eigenvalue weighted by Crippen LogP contribution is -2.23. The number of nitrogens with one attached hydrogen (secondary N) is 1. The molecule has 0 aliphatic rings.